The summed E-state index contributed by atoms with van der Waals surface area (Å²) in [5.41, 5.74) is 0. The first-order valence-corrected chi connectivity index (χ1v) is 36.0. The molecule has 0 spiro atoms. The molecule has 6 nitrogen and oxygen atoms in total. The van der Waals surface area contributed by atoms with E-state index in [1.54, 1.807) is 0 Å². The second-order valence-electron chi connectivity index (χ2n) is 24.9. The van der Waals surface area contributed by atoms with Crippen molar-refractivity contribution >= 4 is 17.9 Å². The van der Waals surface area contributed by atoms with Crippen LogP contribution in [0.1, 0.15) is 425 Å². The Hall–Kier alpha value is -1.59. The van der Waals surface area contributed by atoms with Gasteiger partial charge in [0.15, 0.2) is 6.10 Å². The lowest BCUT2D eigenvalue weighted by Gasteiger charge is -2.18. The number of hydrogen-bond donors (Lipinski definition) is 0. The molecule has 0 aliphatic heterocycles. The average Bonchev–Trinajstić information content (AvgIpc) is 3.44. The molecule has 464 valence electrons. The molecule has 0 aromatic heterocycles. The fraction of sp³-hybridized carbons (Fsp3) is 0.958. The Labute approximate surface area is 488 Å². The summed E-state index contributed by atoms with van der Waals surface area (Å²) >= 11 is 0. The Morgan fingerprint density at radius 1 is 0.205 bits per heavy atom. The van der Waals surface area contributed by atoms with Gasteiger partial charge in [0, 0.05) is 19.3 Å². The predicted molar refractivity (Wildman–Crippen MR) is 340 cm³/mol. The minimum atomic E-state index is -0.763. The molecule has 0 saturated carbocycles. The Bertz CT molecular complexity index is 1170. The lowest BCUT2D eigenvalue weighted by molar-refractivity contribution is -0.167. The summed E-state index contributed by atoms with van der Waals surface area (Å²) < 4.78 is 17.0. The fourth-order valence-corrected chi connectivity index (χ4v) is 11.5. The van der Waals surface area contributed by atoms with Crippen molar-refractivity contribution in [1.29, 1.82) is 0 Å². The maximum absolute atomic E-state index is 12.9. The fourth-order valence-electron chi connectivity index (χ4n) is 11.5. The highest BCUT2D eigenvalue weighted by molar-refractivity contribution is 5.71. The number of carbonyl (C=O) groups is 3. The lowest BCUT2D eigenvalue weighted by Crippen LogP contribution is -2.30. The number of carbonyl (C=O) groups excluding carboxylic acids is 3. The Morgan fingerprint density at radius 3 is 0.513 bits per heavy atom. The van der Waals surface area contributed by atoms with Crippen molar-refractivity contribution in [2.75, 3.05) is 13.2 Å². The normalized spacial score (nSPS) is 11.9. The molecular weight excluding hydrogens is 961 g/mol. The molecule has 0 radical (unpaired) electrons. The van der Waals surface area contributed by atoms with Crippen molar-refractivity contribution in [1.82, 2.24) is 0 Å². The van der Waals surface area contributed by atoms with E-state index in [1.165, 1.54) is 327 Å². The van der Waals surface area contributed by atoms with E-state index in [0.717, 1.165) is 57.8 Å². The summed E-state index contributed by atoms with van der Waals surface area (Å²) in [6, 6.07) is 0. The van der Waals surface area contributed by atoms with E-state index in [9.17, 15) is 14.4 Å². The van der Waals surface area contributed by atoms with Crippen LogP contribution < -0.4 is 0 Å². The summed E-state index contributed by atoms with van der Waals surface area (Å²) in [4.78, 5) is 38.4. The SMILES string of the molecule is CCCCCCCCCCCCCCCCCCCCCCCCCCCC(=O)OCC(COC(=O)CCCCCCCCCCCCC)OC(=O)CCCCCCCCCCCCCCCCCCCCCCCCCC. The van der Waals surface area contributed by atoms with Crippen LogP contribution in [0.25, 0.3) is 0 Å². The first-order chi connectivity index (χ1) is 38.5. The second-order valence-corrected chi connectivity index (χ2v) is 24.9. The Morgan fingerprint density at radius 2 is 0.346 bits per heavy atom. The van der Waals surface area contributed by atoms with Crippen LogP contribution in [0.15, 0.2) is 0 Å². The lowest BCUT2D eigenvalue weighted by atomic mass is 10.0. The van der Waals surface area contributed by atoms with E-state index in [1.807, 2.05) is 0 Å². The van der Waals surface area contributed by atoms with E-state index in [4.69, 9.17) is 14.2 Å². The molecule has 0 heterocycles. The summed E-state index contributed by atoms with van der Waals surface area (Å²) in [5.74, 6) is -0.822. The average molecular weight is 1100 g/mol. The first kappa shape index (κ1) is 76.4. The summed E-state index contributed by atoms with van der Waals surface area (Å²) in [6.07, 6.45) is 80.1. The maximum atomic E-state index is 12.9. The van der Waals surface area contributed by atoms with Crippen molar-refractivity contribution in [2.24, 2.45) is 0 Å². The summed E-state index contributed by atoms with van der Waals surface area (Å²) in [5, 5.41) is 0. The highest BCUT2D eigenvalue weighted by Crippen LogP contribution is 2.20. The molecule has 0 N–H and O–H groups in total. The zero-order valence-corrected chi connectivity index (χ0v) is 53.5. The van der Waals surface area contributed by atoms with E-state index < -0.39 is 6.10 Å². The third-order valence-corrected chi connectivity index (χ3v) is 16.9. The molecule has 1 atom stereocenters. The molecule has 78 heavy (non-hydrogen) atoms. The zero-order chi connectivity index (χ0) is 56.4. The van der Waals surface area contributed by atoms with Gasteiger partial charge < -0.3 is 14.2 Å². The highest BCUT2D eigenvalue weighted by Gasteiger charge is 2.20. The van der Waals surface area contributed by atoms with E-state index in [0.29, 0.717) is 19.3 Å². The van der Waals surface area contributed by atoms with Crippen LogP contribution in [-0.2, 0) is 28.6 Å². The van der Waals surface area contributed by atoms with Crippen molar-refractivity contribution in [2.45, 2.75) is 431 Å². The second kappa shape index (κ2) is 67.9. The molecular formula is C72H140O6. The smallest absolute Gasteiger partial charge is 0.306 e. The van der Waals surface area contributed by atoms with Crippen molar-refractivity contribution < 1.29 is 28.6 Å². The van der Waals surface area contributed by atoms with Gasteiger partial charge in [-0.3, -0.25) is 14.4 Å². The molecule has 0 fully saturated rings. The molecule has 0 amide bonds. The van der Waals surface area contributed by atoms with Gasteiger partial charge in [0.2, 0.25) is 0 Å². The predicted octanol–water partition coefficient (Wildman–Crippen LogP) is 24.6. The molecule has 0 aromatic carbocycles. The van der Waals surface area contributed by atoms with Crippen LogP contribution in [0.4, 0.5) is 0 Å². The van der Waals surface area contributed by atoms with Crippen molar-refractivity contribution in [3.05, 3.63) is 0 Å². The molecule has 0 rings (SSSR count). The minimum Gasteiger partial charge on any atom is -0.462 e. The van der Waals surface area contributed by atoms with Crippen LogP contribution in [0.5, 0.6) is 0 Å². The van der Waals surface area contributed by atoms with E-state index in [2.05, 4.69) is 20.8 Å². The number of esters is 3. The summed E-state index contributed by atoms with van der Waals surface area (Å²) in [7, 11) is 0. The third kappa shape index (κ3) is 65.2. The number of unbranched alkanes of at least 4 members (excludes halogenated alkanes) is 57. The van der Waals surface area contributed by atoms with Gasteiger partial charge in [0.1, 0.15) is 13.2 Å². The monoisotopic (exact) mass is 1100 g/mol. The van der Waals surface area contributed by atoms with Gasteiger partial charge in [-0.05, 0) is 19.3 Å². The number of hydrogen-bond acceptors (Lipinski definition) is 6. The third-order valence-electron chi connectivity index (χ3n) is 16.9. The highest BCUT2D eigenvalue weighted by atomic mass is 16.6. The molecule has 1 unspecified atom stereocenters. The van der Waals surface area contributed by atoms with Gasteiger partial charge in [0.25, 0.3) is 0 Å². The van der Waals surface area contributed by atoms with Crippen LogP contribution in [0.3, 0.4) is 0 Å². The van der Waals surface area contributed by atoms with Crippen molar-refractivity contribution in [3.63, 3.8) is 0 Å². The van der Waals surface area contributed by atoms with Crippen LogP contribution in [0, 0.1) is 0 Å². The van der Waals surface area contributed by atoms with Crippen molar-refractivity contribution in [3.8, 4) is 0 Å². The van der Waals surface area contributed by atoms with Gasteiger partial charge in [-0.15, -0.1) is 0 Å². The molecule has 6 heteroatoms. The zero-order valence-electron chi connectivity index (χ0n) is 53.5. The van der Waals surface area contributed by atoms with E-state index >= 15 is 0 Å². The quantitative estimate of drug-likeness (QED) is 0.0343. The molecule has 0 aromatic rings. The van der Waals surface area contributed by atoms with Gasteiger partial charge in [-0.25, -0.2) is 0 Å². The van der Waals surface area contributed by atoms with Gasteiger partial charge >= 0.3 is 17.9 Å². The molecule has 0 bridgehead atoms. The number of rotatable bonds is 68. The number of ether oxygens (including phenoxy) is 3. The van der Waals surface area contributed by atoms with Crippen LogP contribution >= 0.6 is 0 Å². The van der Waals surface area contributed by atoms with Crippen LogP contribution in [0.2, 0.25) is 0 Å². The Balaban J connectivity index is 4.13. The first-order valence-electron chi connectivity index (χ1n) is 36.0. The van der Waals surface area contributed by atoms with E-state index in [-0.39, 0.29) is 31.1 Å². The molecule has 0 saturated heterocycles. The van der Waals surface area contributed by atoms with Gasteiger partial charge in [-0.2, -0.15) is 0 Å². The summed E-state index contributed by atoms with van der Waals surface area (Å²) in [6.45, 7) is 6.74. The topological polar surface area (TPSA) is 78.9 Å². The molecule has 0 aliphatic carbocycles. The molecule has 0 aliphatic rings. The standard InChI is InChI=1S/C72H140O6/c1-4-7-10-13-16-19-22-24-26-28-30-32-34-36-38-39-41-43-45-47-50-53-56-59-62-65-71(74)77-68-69(67-76-70(73)64-61-58-55-52-49-21-18-15-12-9-6-3)78-72(75)66-63-60-57-54-51-48-46-44-42-40-37-35-33-31-29-27-25-23-20-17-14-11-8-5-2/h69H,4-68H2,1-3H3. The largest absolute Gasteiger partial charge is 0.462 e. The van der Waals surface area contributed by atoms with Crippen LogP contribution in [-0.4, -0.2) is 37.2 Å². The minimum absolute atomic E-state index is 0.0603. The van der Waals surface area contributed by atoms with Gasteiger partial charge in [0.05, 0.1) is 0 Å². The van der Waals surface area contributed by atoms with Gasteiger partial charge in [-0.1, -0.05) is 387 Å². The Kier molecular flexibility index (Phi) is 66.5. The maximum Gasteiger partial charge on any atom is 0.306 e.